The first-order valence-corrected chi connectivity index (χ1v) is 7.28. The average molecular weight is 255 g/mol. The zero-order chi connectivity index (χ0) is 13.9. The third-order valence-corrected chi connectivity index (χ3v) is 4.64. The minimum absolute atomic E-state index is 0.177. The predicted molar refractivity (Wildman–Crippen MR) is 74.6 cm³/mol. The van der Waals surface area contributed by atoms with Gasteiger partial charge < -0.3 is 10.0 Å². The highest BCUT2D eigenvalue weighted by molar-refractivity contribution is 5.71. The zero-order valence-corrected chi connectivity index (χ0v) is 12.6. The van der Waals surface area contributed by atoms with Crippen LogP contribution in [0.1, 0.15) is 53.9 Å². The third-order valence-electron chi connectivity index (χ3n) is 4.64. The van der Waals surface area contributed by atoms with Gasteiger partial charge in [-0.2, -0.15) is 0 Å². The Kier molecular flexibility index (Phi) is 5.20. The molecular weight excluding hydrogens is 226 g/mol. The molecule has 0 aromatic heterocycles. The van der Waals surface area contributed by atoms with Crippen LogP contribution in [0.5, 0.6) is 0 Å². The van der Waals surface area contributed by atoms with Crippen molar-refractivity contribution in [2.75, 3.05) is 13.1 Å². The Balaban J connectivity index is 2.86. The molecule has 0 aliphatic heterocycles. The summed E-state index contributed by atoms with van der Waals surface area (Å²) in [4.78, 5) is 13.8. The van der Waals surface area contributed by atoms with Crippen molar-refractivity contribution >= 4 is 5.97 Å². The van der Waals surface area contributed by atoms with Gasteiger partial charge in [0.25, 0.3) is 0 Å². The summed E-state index contributed by atoms with van der Waals surface area (Å²) in [5, 5.41) is 9.41. The van der Waals surface area contributed by atoms with Crippen molar-refractivity contribution in [3.63, 3.8) is 0 Å². The minimum atomic E-state index is -0.612. The molecule has 1 aliphatic rings. The molecule has 1 saturated carbocycles. The van der Waals surface area contributed by atoms with Crippen molar-refractivity contribution in [1.82, 2.24) is 4.90 Å². The second kappa shape index (κ2) is 6.05. The fraction of sp³-hybridized carbons (Fsp3) is 0.933. The second-order valence-corrected chi connectivity index (χ2v) is 6.61. The summed E-state index contributed by atoms with van der Waals surface area (Å²) in [6, 6.07) is 0.218. The first kappa shape index (κ1) is 15.5. The van der Waals surface area contributed by atoms with Crippen molar-refractivity contribution < 1.29 is 9.90 Å². The van der Waals surface area contributed by atoms with Gasteiger partial charge >= 0.3 is 5.97 Å². The van der Waals surface area contributed by atoms with Crippen LogP contribution < -0.4 is 0 Å². The van der Waals surface area contributed by atoms with E-state index in [9.17, 15) is 9.90 Å². The van der Waals surface area contributed by atoms with E-state index in [1.807, 2.05) is 0 Å². The summed E-state index contributed by atoms with van der Waals surface area (Å²) in [5.41, 5.74) is 0.287. The Hall–Kier alpha value is -0.570. The molecule has 1 rings (SSSR count). The minimum Gasteiger partial charge on any atom is -0.481 e. The monoisotopic (exact) mass is 255 g/mol. The van der Waals surface area contributed by atoms with E-state index in [1.165, 1.54) is 0 Å². The predicted octanol–water partition coefficient (Wildman–Crippen LogP) is 3.24. The van der Waals surface area contributed by atoms with Gasteiger partial charge in [0.1, 0.15) is 0 Å². The summed E-state index contributed by atoms with van der Waals surface area (Å²) in [7, 11) is 0. The lowest BCUT2D eigenvalue weighted by Gasteiger charge is -2.44. The number of carboxylic acids is 1. The van der Waals surface area contributed by atoms with E-state index in [2.05, 4.69) is 39.5 Å². The number of hydrogen-bond donors (Lipinski definition) is 1. The van der Waals surface area contributed by atoms with Gasteiger partial charge in [0, 0.05) is 6.04 Å². The van der Waals surface area contributed by atoms with Crippen LogP contribution in [0.25, 0.3) is 0 Å². The van der Waals surface area contributed by atoms with Gasteiger partial charge in [-0.05, 0) is 43.7 Å². The van der Waals surface area contributed by atoms with E-state index >= 15 is 0 Å². The highest BCUT2D eigenvalue weighted by atomic mass is 16.4. The Morgan fingerprint density at radius 1 is 1.22 bits per heavy atom. The molecule has 3 unspecified atom stereocenters. The highest BCUT2D eigenvalue weighted by Crippen LogP contribution is 2.41. The molecule has 0 amide bonds. The van der Waals surface area contributed by atoms with Gasteiger partial charge in [-0.3, -0.25) is 4.79 Å². The van der Waals surface area contributed by atoms with Crippen molar-refractivity contribution in [1.29, 1.82) is 0 Å². The average Bonchev–Trinajstić information content (AvgIpc) is 2.29. The largest absolute Gasteiger partial charge is 0.481 e. The standard InChI is InChI=1S/C15H29NO2/c1-6-16(7-2)13-10-11(15(3,4)5)8-9-12(13)14(17)18/h11-13H,6-10H2,1-5H3,(H,17,18). The molecule has 106 valence electrons. The number of aliphatic carboxylic acids is 1. The maximum absolute atomic E-state index is 11.4. The van der Waals surface area contributed by atoms with Crippen LogP contribution >= 0.6 is 0 Å². The lowest BCUT2D eigenvalue weighted by molar-refractivity contribution is -0.146. The molecule has 0 saturated heterocycles. The first-order chi connectivity index (χ1) is 8.31. The van der Waals surface area contributed by atoms with E-state index in [-0.39, 0.29) is 17.4 Å². The van der Waals surface area contributed by atoms with Crippen molar-refractivity contribution in [3.8, 4) is 0 Å². The molecule has 3 heteroatoms. The lowest BCUT2D eigenvalue weighted by Crippen LogP contribution is -2.48. The number of rotatable bonds is 4. The fourth-order valence-corrected chi connectivity index (χ4v) is 3.32. The SMILES string of the molecule is CCN(CC)C1CC(C(C)(C)C)CCC1C(=O)O. The summed E-state index contributed by atoms with van der Waals surface area (Å²) >= 11 is 0. The maximum Gasteiger partial charge on any atom is 0.308 e. The van der Waals surface area contributed by atoms with Crippen LogP contribution in [-0.4, -0.2) is 35.1 Å². The smallest absolute Gasteiger partial charge is 0.308 e. The van der Waals surface area contributed by atoms with Gasteiger partial charge in [-0.25, -0.2) is 0 Å². The third kappa shape index (κ3) is 3.47. The summed E-state index contributed by atoms with van der Waals surface area (Å²) < 4.78 is 0. The molecule has 1 fully saturated rings. The lowest BCUT2D eigenvalue weighted by atomic mass is 9.67. The van der Waals surface area contributed by atoms with Gasteiger partial charge in [0.2, 0.25) is 0 Å². The van der Waals surface area contributed by atoms with Crippen molar-refractivity contribution in [2.45, 2.75) is 59.9 Å². The molecular formula is C15H29NO2. The molecule has 1 N–H and O–H groups in total. The van der Waals surface area contributed by atoms with Crippen molar-refractivity contribution in [2.24, 2.45) is 17.3 Å². The van der Waals surface area contributed by atoms with E-state index in [0.717, 1.165) is 32.4 Å². The maximum atomic E-state index is 11.4. The summed E-state index contributed by atoms with van der Waals surface area (Å²) in [5.74, 6) is -0.151. The van der Waals surface area contributed by atoms with Crippen LogP contribution in [0.15, 0.2) is 0 Å². The fourth-order valence-electron chi connectivity index (χ4n) is 3.32. The molecule has 0 bridgehead atoms. The zero-order valence-electron chi connectivity index (χ0n) is 12.6. The molecule has 18 heavy (non-hydrogen) atoms. The van der Waals surface area contributed by atoms with Crippen molar-refractivity contribution in [3.05, 3.63) is 0 Å². The molecule has 1 aliphatic carbocycles. The van der Waals surface area contributed by atoms with Crippen LogP contribution in [-0.2, 0) is 4.79 Å². The van der Waals surface area contributed by atoms with Crippen LogP contribution in [0.3, 0.4) is 0 Å². The van der Waals surface area contributed by atoms with Crippen LogP contribution in [0.4, 0.5) is 0 Å². The molecule has 0 spiro atoms. The van der Waals surface area contributed by atoms with E-state index < -0.39 is 5.97 Å². The summed E-state index contributed by atoms with van der Waals surface area (Å²) in [6.07, 6.45) is 2.92. The Morgan fingerprint density at radius 2 is 1.78 bits per heavy atom. The number of carboxylic acid groups (broad SMARTS) is 1. The molecule has 0 radical (unpaired) electrons. The van der Waals surface area contributed by atoms with Gasteiger partial charge in [-0.15, -0.1) is 0 Å². The Bertz CT molecular complexity index is 279. The number of nitrogens with zero attached hydrogens (tertiary/aromatic N) is 1. The Morgan fingerprint density at radius 3 is 2.17 bits per heavy atom. The quantitative estimate of drug-likeness (QED) is 0.838. The number of hydrogen-bond acceptors (Lipinski definition) is 2. The van der Waals surface area contributed by atoms with Gasteiger partial charge in [-0.1, -0.05) is 34.6 Å². The molecule has 0 heterocycles. The second-order valence-electron chi connectivity index (χ2n) is 6.61. The number of carbonyl (C=O) groups is 1. The van der Waals surface area contributed by atoms with Gasteiger partial charge in [0.05, 0.1) is 5.92 Å². The molecule has 3 atom stereocenters. The summed E-state index contributed by atoms with van der Waals surface area (Å²) in [6.45, 7) is 13.0. The highest BCUT2D eigenvalue weighted by Gasteiger charge is 2.40. The molecule has 3 nitrogen and oxygen atoms in total. The first-order valence-electron chi connectivity index (χ1n) is 7.28. The Labute approximate surface area is 112 Å². The van der Waals surface area contributed by atoms with E-state index in [4.69, 9.17) is 0 Å². The normalized spacial score (nSPS) is 29.6. The van der Waals surface area contributed by atoms with E-state index in [1.54, 1.807) is 0 Å². The molecule has 0 aromatic rings. The van der Waals surface area contributed by atoms with E-state index in [0.29, 0.717) is 5.92 Å². The van der Waals surface area contributed by atoms with Gasteiger partial charge in [0.15, 0.2) is 0 Å². The topological polar surface area (TPSA) is 40.5 Å². The van der Waals surface area contributed by atoms with Crippen LogP contribution in [0.2, 0.25) is 0 Å². The molecule has 0 aromatic carbocycles. The van der Waals surface area contributed by atoms with Crippen LogP contribution in [0, 0.1) is 17.3 Å².